The van der Waals surface area contributed by atoms with Gasteiger partial charge >= 0.3 is 0 Å². The van der Waals surface area contributed by atoms with Crippen molar-refractivity contribution < 1.29 is 19.4 Å². The minimum atomic E-state index is -0.733. The molecule has 0 saturated carbocycles. The first kappa shape index (κ1) is 22.3. The van der Waals surface area contributed by atoms with E-state index in [1.54, 1.807) is 0 Å². The van der Waals surface area contributed by atoms with Crippen LogP contribution in [0.4, 0.5) is 5.69 Å². The number of rotatable bonds is 8. The lowest BCUT2D eigenvalue weighted by Crippen LogP contribution is -2.31. The van der Waals surface area contributed by atoms with Gasteiger partial charge in [-0.3, -0.25) is 14.5 Å². The van der Waals surface area contributed by atoms with Gasteiger partial charge in [0.25, 0.3) is 5.91 Å². The minimum absolute atomic E-state index is 0.130. The van der Waals surface area contributed by atoms with Gasteiger partial charge < -0.3 is 9.84 Å². The molecule has 1 amide bonds. The molecule has 1 unspecified atom stereocenters. The number of ether oxygens (including phenoxy) is 1. The van der Waals surface area contributed by atoms with Gasteiger partial charge in [-0.05, 0) is 55.7 Å². The number of amides is 1. The third-order valence-corrected chi connectivity index (χ3v) is 5.79. The summed E-state index contributed by atoms with van der Waals surface area (Å²) in [6.45, 7) is 4.36. The molecule has 1 heterocycles. The number of aliphatic hydroxyl groups is 1. The summed E-state index contributed by atoms with van der Waals surface area (Å²) >= 11 is 0. The second-order valence-corrected chi connectivity index (χ2v) is 8.09. The van der Waals surface area contributed by atoms with Crippen molar-refractivity contribution in [1.29, 1.82) is 0 Å². The minimum Gasteiger partial charge on any atom is -0.503 e. The Kier molecular flexibility index (Phi) is 6.59. The summed E-state index contributed by atoms with van der Waals surface area (Å²) in [4.78, 5) is 28.1. The van der Waals surface area contributed by atoms with Crippen molar-refractivity contribution >= 4 is 17.4 Å². The van der Waals surface area contributed by atoms with Crippen molar-refractivity contribution in [3.8, 4) is 5.75 Å². The summed E-state index contributed by atoms with van der Waals surface area (Å²) in [6, 6.07) is 23.8. The molecule has 1 atom stereocenters. The molecule has 0 spiro atoms. The Hall–Kier alpha value is -3.86. The van der Waals surface area contributed by atoms with E-state index in [0.717, 1.165) is 11.1 Å². The number of hydrogen-bond donors (Lipinski definition) is 1. The molecular formula is C28H27NO4. The summed E-state index contributed by atoms with van der Waals surface area (Å²) in [5.41, 5.74) is 3.54. The number of carbonyl (C=O) groups excluding carboxylic acids is 2. The molecule has 0 fully saturated rings. The van der Waals surface area contributed by atoms with Crippen molar-refractivity contribution in [3.05, 3.63) is 107 Å². The lowest BCUT2D eigenvalue weighted by Gasteiger charge is -2.27. The zero-order valence-electron chi connectivity index (χ0n) is 18.8. The highest BCUT2D eigenvalue weighted by Crippen LogP contribution is 2.42. The van der Waals surface area contributed by atoms with E-state index in [0.29, 0.717) is 30.0 Å². The number of anilines is 1. The van der Waals surface area contributed by atoms with E-state index in [-0.39, 0.29) is 17.8 Å². The average Bonchev–Trinajstić information content (AvgIpc) is 3.10. The molecule has 33 heavy (non-hydrogen) atoms. The van der Waals surface area contributed by atoms with Crippen LogP contribution >= 0.6 is 0 Å². The molecule has 168 valence electrons. The largest absolute Gasteiger partial charge is 0.503 e. The first-order valence-electron chi connectivity index (χ1n) is 11.1. The summed E-state index contributed by atoms with van der Waals surface area (Å²) in [5.74, 6) is -0.658. The Morgan fingerprint density at radius 3 is 2.42 bits per heavy atom. The van der Waals surface area contributed by atoms with E-state index >= 15 is 0 Å². The SMILES string of the molecule is CCOc1cccc(C2C(C(=O)CCc3ccccc3)=C(O)C(=O)N2c2ccc(C)cc2)c1. The van der Waals surface area contributed by atoms with Gasteiger partial charge in [0.2, 0.25) is 0 Å². The summed E-state index contributed by atoms with van der Waals surface area (Å²) < 4.78 is 5.65. The van der Waals surface area contributed by atoms with Crippen LogP contribution in [0.25, 0.3) is 0 Å². The number of benzene rings is 3. The number of carbonyl (C=O) groups is 2. The van der Waals surface area contributed by atoms with Crippen LogP contribution in [0.3, 0.4) is 0 Å². The molecule has 0 radical (unpaired) electrons. The zero-order chi connectivity index (χ0) is 23.4. The van der Waals surface area contributed by atoms with Crippen LogP contribution in [0.15, 0.2) is 90.2 Å². The zero-order valence-corrected chi connectivity index (χ0v) is 18.8. The van der Waals surface area contributed by atoms with Gasteiger partial charge in [0, 0.05) is 12.1 Å². The lowest BCUT2D eigenvalue weighted by atomic mass is 9.93. The van der Waals surface area contributed by atoms with Crippen LogP contribution in [-0.2, 0) is 16.0 Å². The molecule has 0 aliphatic carbocycles. The molecule has 0 saturated heterocycles. The van der Waals surface area contributed by atoms with Gasteiger partial charge in [-0.15, -0.1) is 0 Å². The Balaban J connectivity index is 1.73. The van der Waals surface area contributed by atoms with Crippen LogP contribution in [-0.4, -0.2) is 23.4 Å². The van der Waals surface area contributed by atoms with Gasteiger partial charge in [-0.25, -0.2) is 0 Å². The molecule has 5 nitrogen and oxygen atoms in total. The average molecular weight is 442 g/mol. The molecular weight excluding hydrogens is 414 g/mol. The maximum absolute atomic E-state index is 13.4. The third kappa shape index (κ3) is 4.67. The highest BCUT2D eigenvalue weighted by molar-refractivity contribution is 6.16. The van der Waals surface area contributed by atoms with E-state index < -0.39 is 17.7 Å². The van der Waals surface area contributed by atoms with E-state index in [1.807, 2.05) is 92.7 Å². The Morgan fingerprint density at radius 2 is 1.73 bits per heavy atom. The molecule has 0 aromatic heterocycles. The standard InChI is InChI=1S/C28H27NO4/c1-3-33-23-11-7-10-21(18-23)26-25(24(30)17-14-20-8-5-4-6-9-20)27(31)28(32)29(26)22-15-12-19(2)13-16-22/h4-13,15-16,18,26,31H,3,14,17H2,1-2H3. The first-order chi connectivity index (χ1) is 16.0. The van der Waals surface area contributed by atoms with Gasteiger partial charge in [-0.1, -0.05) is 60.2 Å². The van der Waals surface area contributed by atoms with Crippen LogP contribution in [0.5, 0.6) is 5.75 Å². The molecule has 5 heteroatoms. The molecule has 3 aromatic carbocycles. The number of aryl methyl sites for hydroxylation is 2. The molecule has 0 bridgehead atoms. The first-order valence-corrected chi connectivity index (χ1v) is 11.1. The van der Waals surface area contributed by atoms with Crippen LogP contribution in [0.2, 0.25) is 0 Å². The maximum atomic E-state index is 13.4. The normalized spacial score (nSPS) is 15.8. The van der Waals surface area contributed by atoms with Crippen molar-refractivity contribution in [2.24, 2.45) is 0 Å². The highest BCUT2D eigenvalue weighted by Gasteiger charge is 2.44. The molecule has 4 rings (SSSR count). The Bertz CT molecular complexity index is 1180. The Labute approximate surface area is 193 Å². The van der Waals surface area contributed by atoms with Gasteiger partial charge in [0.05, 0.1) is 18.2 Å². The smallest absolute Gasteiger partial charge is 0.294 e. The molecule has 1 aliphatic heterocycles. The second kappa shape index (κ2) is 9.74. The number of hydrogen-bond acceptors (Lipinski definition) is 4. The van der Waals surface area contributed by atoms with E-state index in [2.05, 4.69) is 0 Å². The van der Waals surface area contributed by atoms with Crippen molar-refractivity contribution in [3.63, 3.8) is 0 Å². The fourth-order valence-corrected chi connectivity index (χ4v) is 4.16. The predicted octanol–water partition coefficient (Wildman–Crippen LogP) is 5.50. The van der Waals surface area contributed by atoms with Crippen LogP contribution < -0.4 is 9.64 Å². The number of nitrogens with zero attached hydrogens (tertiary/aromatic N) is 1. The van der Waals surface area contributed by atoms with Crippen LogP contribution in [0.1, 0.15) is 36.1 Å². The van der Waals surface area contributed by atoms with Crippen molar-refractivity contribution in [1.82, 2.24) is 0 Å². The predicted molar refractivity (Wildman–Crippen MR) is 128 cm³/mol. The number of Topliss-reactive ketones (excluding diaryl/α,β-unsaturated/α-hetero) is 1. The maximum Gasteiger partial charge on any atom is 0.294 e. The van der Waals surface area contributed by atoms with E-state index in [4.69, 9.17) is 4.74 Å². The summed E-state index contributed by atoms with van der Waals surface area (Å²) in [6.07, 6.45) is 0.723. The number of ketones is 1. The fourth-order valence-electron chi connectivity index (χ4n) is 4.16. The van der Waals surface area contributed by atoms with Crippen molar-refractivity contribution in [2.45, 2.75) is 32.7 Å². The summed E-state index contributed by atoms with van der Waals surface area (Å²) in [7, 11) is 0. The van der Waals surface area contributed by atoms with E-state index in [9.17, 15) is 14.7 Å². The molecule has 1 aliphatic rings. The second-order valence-electron chi connectivity index (χ2n) is 8.09. The quantitative estimate of drug-likeness (QED) is 0.502. The highest BCUT2D eigenvalue weighted by atomic mass is 16.5. The third-order valence-electron chi connectivity index (χ3n) is 5.79. The van der Waals surface area contributed by atoms with Crippen molar-refractivity contribution in [2.75, 3.05) is 11.5 Å². The lowest BCUT2D eigenvalue weighted by molar-refractivity contribution is -0.118. The monoisotopic (exact) mass is 441 g/mol. The fraction of sp³-hybridized carbons (Fsp3) is 0.214. The molecule has 3 aromatic rings. The summed E-state index contributed by atoms with van der Waals surface area (Å²) in [5, 5.41) is 10.9. The molecule has 1 N–H and O–H groups in total. The van der Waals surface area contributed by atoms with E-state index in [1.165, 1.54) is 4.90 Å². The van der Waals surface area contributed by atoms with Crippen LogP contribution in [0, 0.1) is 6.92 Å². The topological polar surface area (TPSA) is 66.8 Å². The van der Waals surface area contributed by atoms with Gasteiger partial charge in [0.1, 0.15) is 5.75 Å². The number of aliphatic hydroxyl groups excluding tert-OH is 1. The van der Waals surface area contributed by atoms with Gasteiger partial charge in [0.15, 0.2) is 11.5 Å². The Morgan fingerprint density at radius 1 is 1.00 bits per heavy atom. The van der Waals surface area contributed by atoms with Gasteiger partial charge in [-0.2, -0.15) is 0 Å².